The minimum Gasteiger partial charge on any atom is -0.488 e. The molecule has 1 aromatic rings. The zero-order valence-electron chi connectivity index (χ0n) is 11.1. The standard InChI is InChI=1S/C14H17NO4/c1-9(2)14(17)19-8-7-18-12-6-4-5-11(10(3)16)13(12)15/h4-6H,1,7-8,15H2,2-3H3. The Morgan fingerprint density at radius 3 is 2.53 bits per heavy atom. The maximum Gasteiger partial charge on any atom is 0.333 e. The van der Waals surface area contributed by atoms with Crippen molar-refractivity contribution in [2.24, 2.45) is 0 Å². The lowest BCUT2D eigenvalue weighted by molar-refractivity contribution is -0.139. The van der Waals surface area contributed by atoms with E-state index in [0.29, 0.717) is 22.6 Å². The fourth-order valence-corrected chi connectivity index (χ4v) is 1.39. The lowest BCUT2D eigenvalue weighted by Gasteiger charge is -2.11. The van der Waals surface area contributed by atoms with Crippen LogP contribution in [0.25, 0.3) is 0 Å². The Hall–Kier alpha value is -2.30. The average molecular weight is 263 g/mol. The molecule has 5 heteroatoms. The van der Waals surface area contributed by atoms with Gasteiger partial charge in [0, 0.05) is 11.1 Å². The van der Waals surface area contributed by atoms with Crippen molar-refractivity contribution in [1.82, 2.24) is 0 Å². The third-order valence-electron chi connectivity index (χ3n) is 2.37. The Balaban J connectivity index is 2.55. The Bertz CT molecular complexity index is 508. The molecule has 0 heterocycles. The third-order valence-corrected chi connectivity index (χ3v) is 2.37. The van der Waals surface area contributed by atoms with Crippen LogP contribution in [0.3, 0.4) is 0 Å². The van der Waals surface area contributed by atoms with Crippen LogP contribution >= 0.6 is 0 Å². The topological polar surface area (TPSA) is 78.6 Å². The number of anilines is 1. The number of ether oxygens (including phenoxy) is 2. The van der Waals surface area contributed by atoms with E-state index in [1.54, 1.807) is 25.1 Å². The van der Waals surface area contributed by atoms with Gasteiger partial charge in [0.2, 0.25) is 0 Å². The fourth-order valence-electron chi connectivity index (χ4n) is 1.39. The number of carbonyl (C=O) groups excluding carboxylic acids is 2. The SMILES string of the molecule is C=C(C)C(=O)OCCOc1cccc(C(C)=O)c1N. The number of esters is 1. The molecule has 0 radical (unpaired) electrons. The van der Waals surface area contributed by atoms with Crippen molar-refractivity contribution >= 4 is 17.4 Å². The molecule has 1 aromatic carbocycles. The Morgan fingerprint density at radius 2 is 1.95 bits per heavy atom. The van der Waals surface area contributed by atoms with E-state index in [1.165, 1.54) is 6.92 Å². The van der Waals surface area contributed by atoms with Gasteiger partial charge in [-0.1, -0.05) is 12.6 Å². The predicted molar refractivity (Wildman–Crippen MR) is 72.1 cm³/mol. The first kappa shape index (κ1) is 14.8. The summed E-state index contributed by atoms with van der Waals surface area (Å²) in [6.45, 7) is 6.72. The van der Waals surface area contributed by atoms with Crippen molar-refractivity contribution in [2.45, 2.75) is 13.8 Å². The van der Waals surface area contributed by atoms with Crippen molar-refractivity contribution in [1.29, 1.82) is 0 Å². The zero-order valence-corrected chi connectivity index (χ0v) is 11.1. The number of hydrogen-bond acceptors (Lipinski definition) is 5. The van der Waals surface area contributed by atoms with Crippen molar-refractivity contribution < 1.29 is 19.1 Å². The number of Topliss-reactive ketones (excluding diaryl/α,β-unsaturated/α-hetero) is 1. The molecule has 0 fully saturated rings. The number of rotatable bonds is 6. The van der Waals surface area contributed by atoms with Crippen LogP contribution in [0.5, 0.6) is 5.75 Å². The molecular formula is C14H17NO4. The minimum absolute atomic E-state index is 0.0927. The van der Waals surface area contributed by atoms with Crippen LogP contribution in [0.4, 0.5) is 5.69 Å². The highest BCUT2D eigenvalue weighted by Gasteiger charge is 2.09. The van der Waals surface area contributed by atoms with Crippen LogP contribution in [0, 0.1) is 0 Å². The number of para-hydroxylation sites is 1. The number of ketones is 1. The van der Waals surface area contributed by atoms with Crippen LogP contribution in [-0.4, -0.2) is 25.0 Å². The summed E-state index contributed by atoms with van der Waals surface area (Å²) in [5, 5.41) is 0. The van der Waals surface area contributed by atoms with Gasteiger partial charge in [-0.2, -0.15) is 0 Å². The van der Waals surface area contributed by atoms with Crippen LogP contribution in [0.2, 0.25) is 0 Å². The quantitative estimate of drug-likeness (QED) is 0.279. The molecule has 0 saturated heterocycles. The monoisotopic (exact) mass is 263 g/mol. The van der Waals surface area contributed by atoms with Gasteiger partial charge in [-0.15, -0.1) is 0 Å². The smallest absolute Gasteiger partial charge is 0.333 e. The second kappa shape index (κ2) is 6.58. The first-order valence-corrected chi connectivity index (χ1v) is 5.78. The summed E-state index contributed by atoms with van der Waals surface area (Å²) in [6, 6.07) is 4.97. The van der Waals surface area contributed by atoms with Crippen LogP contribution in [0.15, 0.2) is 30.4 Å². The molecule has 0 unspecified atom stereocenters. The average Bonchev–Trinajstić information content (AvgIpc) is 2.35. The Kier molecular flexibility index (Phi) is 5.11. The van der Waals surface area contributed by atoms with Crippen molar-refractivity contribution in [3.05, 3.63) is 35.9 Å². The number of carbonyl (C=O) groups is 2. The minimum atomic E-state index is -0.464. The maximum absolute atomic E-state index is 11.3. The molecule has 0 aliphatic carbocycles. The molecule has 0 bridgehead atoms. The first-order valence-electron chi connectivity index (χ1n) is 5.78. The molecular weight excluding hydrogens is 246 g/mol. The maximum atomic E-state index is 11.3. The van der Waals surface area contributed by atoms with Crippen molar-refractivity contribution in [3.8, 4) is 5.75 Å². The molecule has 0 aromatic heterocycles. The van der Waals surface area contributed by atoms with Gasteiger partial charge in [-0.25, -0.2) is 4.79 Å². The van der Waals surface area contributed by atoms with E-state index in [1.807, 2.05) is 0 Å². The Morgan fingerprint density at radius 1 is 1.26 bits per heavy atom. The first-order chi connectivity index (χ1) is 8.93. The van der Waals surface area contributed by atoms with Gasteiger partial charge in [0.25, 0.3) is 0 Å². The molecule has 1 rings (SSSR count). The summed E-state index contributed by atoms with van der Waals surface area (Å²) in [5.74, 6) is -0.190. The highest BCUT2D eigenvalue weighted by Crippen LogP contribution is 2.25. The zero-order chi connectivity index (χ0) is 14.4. The summed E-state index contributed by atoms with van der Waals surface area (Å²) < 4.78 is 10.2. The van der Waals surface area contributed by atoms with Crippen molar-refractivity contribution in [3.63, 3.8) is 0 Å². The molecule has 0 aliphatic heterocycles. The van der Waals surface area contributed by atoms with E-state index in [9.17, 15) is 9.59 Å². The van der Waals surface area contributed by atoms with Gasteiger partial charge in [0.1, 0.15) is 19.0 Å². The van der Waals surface area contributed by atoms with E-state index in [0.717, 1.165) is 0 Å². The van der Waals surface area contributed by atoms with E-state index in [2.05, 4.69) is 6.58 Å². The van der Waals surface area contributed by atoms with Gasteiger partial charge in [0.05, 0.1) is 5.69 Å². The van der Waals surface area contributed by atoms with E-state index >= 15 is 0 Å². The van der Waals surface area contributed by atoms with E-state index in [-0.39, 0.29) is 19.0 Å². The molecule has 0 amide bonds. The molecule has 0 atom stereocenters. The number of nitrogens with two attached hydrogens (primary N) is 1. The largest absolute Gasteiger partial charge is 0.488 e. The number of hydrogen-bond donors (Lipinski definition) is 1. The molecule has 102 valence electrons. The summed E-state index contributed by atoms with van der Waals surface area (Å²) >= 11 is 0. The van der Waals surface area contributed by atoms with Gasteiger partial charge in [0.15, 0.2) is 5.78 Å². The number of benzene rings is 1. The molecule has 5 nitrogen and oxygen atoms in total. The van der Waals surface area contributed by atoms with Crippen LogP contribution < -0.4 is 10.5 Å². The number of nitrogen functional groups attached to an aromatic ring is 1. The van der Waals surface area contributed by atoms with Gasteiger partial charge < -0.3 is 15.2 Å². The lowest BCUT2D eigenvalue weighted by atomic mass is 10.1. The van der Waals surface area contributed by atoms with E-state index < -0.39 is 5.97 Å². The molecule has 0 spiro atoms. The summed E-state index contributed by atoms with van der Waals surface area (Å²) in [5.41, 5.74) is 6.84. The highest BCUT2D eigenvalue weighted by atomic mass is 16.6. The van der Waals surface area contributed by atoms with Crippen LogP contribution in [0.1, 0.15) is 24.2 Å². The van der Waals surface area contributed by atoms with Gasteiger partial charge in [-0.3, -0.25) is 4.79 Å². The normalized spacial score (nSPS) is 9.79. The van der Waals surface area contributed by atoms with Gasteiger partial charge >= 0.3 is 5.97 Å². The second-order valence-corrected chi connectivity index (χ2v) is 4.04. The highest BCUT2D eigenvalue weighted by molar-refractivity contribution is 6.00. The third kappa shape index (κ3) is 4.13. The van der Waals surface area contributed by atoms with Crippen LogP contribution in [-0.2, 0) is 9.53 Å². The summed E-state index contributed by atoms with van der Waals surface area (Å²) in [7, 11) is 0. The molecule has 0 aliphatic rings. The van der Waals surface area contributed by atoms with Gasteiger partial charge in [-0.05, 0) is 26.0 Å². The molecule has 2 N–H and O–H groups in total. The predicted octanol–water partition coefficient (Wildman–Crippen LogP) is 1.97. The van der Waals surface area contributed by atoms with Crippen molar-refractivity contribution in [2.75, 3.05) is 18.9 Å². The summed E-state index contributed by atoms with van der Waals surface area (Å²) in [6.07, 6.45) is 0. The Labute approximate surface area is 112 Å². The van der Waals surface area contributed by atoms with E-state index in [4.69, 9.17) is 15.2 Å². The second-order valence-electron chi connectivity index (χ2n) is 4.04. The summed E-state index contributed by atoms with van der Waals surface area (Å²) in [4.78, 5) is 22.4. The molecule has 19 heavy (non-hydrogen) atoms. The lowest BCUT2D eigenvalue weighted by Crippen LogP contribution is -2.13. The molecule has 0 saturated carbocycles. The fraction of sp³-hybridized carbons (Fsp3) is 0.286.